The van der Waals surface area contributed by atoms with Crippen LogP contribution in [0.25, 0.3) is 10.8 Å². The van der Waals surface area contributed by atoms with Gasteiger partial charge < -0.3 is 4.74 Å². The average Bonchev–Trinajstić information content (AvgIpc) is 2.97. The molecule has 2 amide bonds. The van der Waals surface area contributed by atoms with E-state index in [4.69, 9.17) is 4.74 Å². The van der Waals surface area contributed by atoms with Crippen molar-refractivity contribution in [3.8, 4) is 0 Å². The molecule has 2 aromatic rings. The first-order valence-electron chi connectivity index (χ1n) is 9.57. The Morgan fingerprint density at radius 2 is 1.57 bits per heavy atom. The molecule has 1 saturated carbocycles. The minimum Gasteiger partial charge on any atom is -0.456 e. The van der Waals surface area contributed by atoms with E-state index in [-0.39, 0.29) is 29.4 Å². The quantitative estimate of drug-likeness (QED) is 0.453. The third kappa shape index (κ3) is 3.42. The van der Waals surface area contributed by atoms with Gasteiger partial charge in [0.05, 0.1) is 11.8 Å². The summed E-state index contributed by atoms with van der Waals surface area (Å²) in [6, 6.07) is 12.9. The smallest absolute Gasteiger partial charge is 0.326 e. The van der Waals surface area contributed by atoms with Crippen LogP contribution >= 0.6 is 0 Å². The molecular weight excluding hydrogens is 358 g/mol. The number of hydrogen-bond donors (Lipinski definition) is 0. The van der Waals surface area contributed by atoms with Gasteiger partial charge in [-0.2, -0.15) is 0 Å². The zero-order chi connectivity index (χ0) is 19.7. The second-order valence-corrected chi connectivity index (χ2v) is 7.41. The molecule has 1 saturated heterocycles. The number of rotatable bonds is 5. The molecule has 2 aliphatic rings. The molecule has 2 fully saturated rings. The maximum absolute atomic E-state index is 12.4. The summed E-state index contributed by atoms with van der Waals surface area (Å²) in [5.74, 6) is -2.23. The lowest BCUT2D eigenvalue weighted by Gasteiger charge is -2.19. The van der Waals surface area contributed by atoms with Gasteiger partial charge in [-0.05, 0) is 29.7 Å². The summed E-state index contributed by atoms with van der Waals surface area (Å²) in [6.07, 6.45) is 3.25. The van der Waals surface area contributed by atoms with Crippen molar-refractivity contribution in [1.29, 1.82) is 0 Å². The van der Waals surface area contributed by atoms with Crippen LogP contribution in [-0.2, 0) is 19.1 Å². The Morgan fingerprint density at radius 1 is 0.929 bits per heavy atom. The number of hydrogen-bond acceptors (Lipinski definition) is 5. The molecule has 4 rings (SSSR count). The van der Waals surface area contributed by atoms with Gasteiger partial charge in [0.1, 0.15) is 6.54 Å². The minimum absolute atomic E-state index is 0.285. The van der Waals surface area contributed by atoms with Crippen LogP contribution in [0, 0.1) is 11.8 Å². The molecule has 1 heterocycles. The molecule has 0 N–H and O–H groups in total. The van der Waals surface area contributed by atoms with Crippen molar-refractivity contribution in [2.75, 3.05) is 13.2 Å². The third-order valence-corrected chi connectivity index (χ3v) is 5.66. The van der Waals surface area contributed by atoms with E-state index in [9.17, 15) is 19.2 Å². The van der Waals surface area contributed by atoms with Gasteiger partial charge >= 0.3 is 5.97 Å². The number of amides is 2. The fraction of sp³-hybridized carbons (Fsp3) is 0.364. The first-order chi connectivity index (χ1) is 13.5. The van der Waals surface area contributed by atoms with Crippen LogP contribution < -0.4 is 0 Å². The lowest BCUT2D eigenvalue weighted by Crippen LogP contribution is -2.37. The first kappa shape index (κ1) is 18.3. The van der Waals surface area contributed by atoms with E-state index in [1.54, 1.807) is 12.1 Å². The normalized spacial score (nSPS) is 21.6. The summed E-state index contributed by atoms with van der Waals surface area (Å²) in [4.78, 5) is 50.3. The Labute approximate surface area is 162 Å². The van der Waals surface area contributed by atoms with Crippen LogP contribution in [-0.4, -0.2) is 41.6 Å². The summed E-state index contributed by atoms with van der Waals surface area (Å²) >= 11 is 0. The number of esters is 1. The number of likely N-dealkylation sites (tertiary alicyclic amines) is 1. The number of fused-ring (bicyclic) bond motifs is 2. The van der Waals surface area contributed by atoms with Crippen molar-refractivity contribution in [2.45, 2.75) is 25.7 Å². The molecule has 2 atom stereocenters. The van der Waals surface area contributed by atoms with E-state index in [1.807, 2.05) is 30.3 Å². The molecule has 0 bridgehead atoms. The monoisotopic (exact) mass is 379 g/mol. The minimum atomic E-state index is -0.741. The van der Waals surface area contributed by atoms with Crippen LogP contribution in [0.1, 0.15) is 36.0 Å². The maximum Gasteiger partial charge on any atom is 0.326 e. The molecule has 6 heteroatoms. The lowest BCUT2D eigenvalue weighted by molar-refractivity contribution is -0.152. The standard InChI is InChI=1S/C22H21NO5/c24-19(16-10-9-14-5-1-2-6-15(14)11-16)13-28-20(25)12-23-21(26)17-7-3-4-8-18(17)22(23)27/h1-2,5-6,9-11,17-18H,3-4,7-8,12-13H2/t17-,18+. The molecule has 0 unspecified atom stereocenters. The van der Waals surface area contributed by atoms with Crippen LogP contribution in [0.5, 0.6) is 0 Å². The van der Waals surface area contributed by atoms with Gasteiger partial charge in [0.25, 0.3) is 0 Å². The van der Waals surface area contributed by atoms with Gasteiger partial charge in [-0.15, -0.1) is 0 Å². The number of ketones is 1. The Bertz CT molecular complexity index is 942. The third-order valence-electron chi connectivity index (χ3n) is 5.66. The number of ether oxygens (including phenoxy) is 1. The highest BCUT2D eigenvalue weighted by atomic mass is 16.5. The van der Waals surface area contributed by atoms with Crippen molar-refractivity contribution >= 4 is 34.3 Å². The molecule has 0 aromatic heterocycles. The number of carbonyl (C=O) groups is 4. The topological polar surface area (TPSA) is 80.8 Å². The van der Waals surface area contributed by atoms with Crippen molar-refractivity contribution in [2.24, 2.45) is 11.8 Å². The molecule has 0 radical (unpaired) electrons. The summed E-state index contributed by atoms with van der Waals surface area (Å²) in [7, 11) is 0. The molecule has 6 nitrogen and oxygen atoms in total. The second kappa shape index (κ2) is 7.54. The molecule has 2 aromatic carbocycles. The summed E-state index contributed by atoms with van der Waals surface area (Å²) in [6.45, 7) is -0.837. The fourth-order valence-electron chi connectivity index (χ4n) is 4.15. The summed E-state index contributed by atoms with van der Waals surface area (Å²) in [5.41, 5.74) is 0.450. The number of imide groups is 1. The Kier molecular flexibility index (Phi) is 4.94. The Morgan fingerprint density at radius 3 is 2.25 bits per heavy atom. The van der Waals surface area contributed by atoms with Crippen LogP contribution in [0.3, 0.4) is 0 Å². The van der Waals surface area contributed by atoms with Crippen molar-refractivity contribution in [3.63, 3.8) is 0 Å². The van der Waals surface area contributed by atoms with E-state index in [2.05, 4.69) is 0 Å². The average molecular weight is 379 g/mol. The summed E-state index contributed by atoms with van der Waals surface area (Å²) in [5, 5.41) is 1.94. The van der Waals surface area contributed by atoms with E-state index in [0.717, 1.165) is 28.5 Å². The molecule has 28 heavy (non-hydrogen) atoms. The van der Waals surface area contributed by atoms with Crippen molar-refractivity contribution in [3.05, 3.63) is 48.0 Å². The molecule has 1 aliphatic carbocycles. The van der Waals surface area contributed by atoms with Gasteiger partial charge in [0.2, 0.25) is 11.8 Å². The predicted octanol–water partition coefficient (Wildman–Crippen LogP) is 2.74. The van der Waals surface area contributed by atoms with Gasteiger partial charge in [-0.25, -0.2) is 0 Å². The maximum atomic E-state index is 12.4. The highest BCUT2D eigenvalue weighted by molar-refractivity contribution is 6.07. The second-order valence-electron chi connectivity index (χ2n) is 7.41. The van der Waals surface area contributed by atoms with E-state index in [0.29, 0.717) is 18.4 Å². The van der Waals surface area contributed by atoms with Crippen molar-refractivity contribution < 1.29 is 23.9 Å². The molecular formula is C22H21NO5. The molecule has 144 valence electrons. The number of benzene rings is 2. The lowest BCUT2D eigenvalue weighted by atomic mass is 9.81. The van der Waals surface area contributed by atoms with Crippen LogP contribution in [0.2, 0.25) is 0 Å². The highest BCUT2D eigenvalue weighted by Gasteiger charge is 2.48. The van der Waals surface area contributed by atoms with E-state index < -0.39 is 19.1 Å². The molecule has 1 aliphatic heterocycles. The van der Waals surface area contributed by atoms with Gasteiger partial charge in [-0.3, -0.25) is 24.1 Å². The first-order valence-corrected chi connectivity index (χ1v) is 9.57. The Hall–Kier alpha value is -3.02. The fourth-order valence-corrected chi connectivity index (χ4v) is 4.15. The number of carbonyl (C=O) groups excluding carboxylic acids is 4. The summed E-state index contributed by atoms with van der Waals surface area (Å²) < 4.78 is 5.05. The zero-order valence-electron chi connectivity index (χ0n) is 15.4. The van der Waals surface area contributed by atoms with Gasteiger partial charge in [-0.1, -0.05) is 49.2 Å². The SMILES string of the molecule is O=C(CN1C(=O)[C@H]2CCCC[C@H]2C1=O)OCC(=O)c1ccc2ccccc2c1. The Balaban J connectivity index is 1.35. The van der Waals surface area contributed by atoms with E-state index in [1.165, 1.54) is 0 Å². The van der Waals surface area contributed by atoms with Crippen molar-refractivity contribution in [1.82, 2.24) is 4.90 Å². The highest BCUT2D eigenvalue weighted by Crippen LogP contribution is 2.37. The molecule has 0 spiro atoms. The predicted molar refractivity (Wildman–Crippen MR) is 101 cm³/mol. The largest absolute Gasteiger partial charge is 0.456 e. The van der Waals surface area contributed by atoms with Crippen LogP contribution in [0.4, 0.5) is 0 Å². The number of nitrogens with zero attached hydrogens (tertiary/aromatic N) is 1. The van der Waals surface area contributed by atoms with Gasteiger partial charge in [0, 0.05) is 5.56 Å². The van der Waals surface area contributed by atoms with E-state index >= 15 is 0 Å². The van der Waals surface area contributed by atoms with Gasteiger partial charge in [0.15, 0.2) is 12.4 Å². The number of Topliss-reactive ketones (excluding diaryl/α,β-unsaturated/α-hetero) is 1. The van der Waals surface area contributed by atoms with Crippen LogP contribution in [0.15, 0.2) is 42.5 Å². The zero-order valence-corrected chi connectivity index (χ0v) is 15.4.